The molecule has 1 heterocycles. The van der Waals surface area contributed by atoms with Crippen molar-refractivity contribution >= 4 is 39.1 Å². The van der Waals surface area contributed by atoms with Gasteiger partial charge in [-0.2, -0.15) is 4.98 Å². The Bertz CT molecular complexity index is 604. The molecule has 0 radical (unpaired) electrons. The minimum Gasteiger partial charge on any atom is -0.481 e. The van der Waals surface area contributed by atoms with E-state index >= 15 is 0 Å². The van der Waals surface area contributed by atoms with Crippen LogP contribution in [-0.4, -0.2) is 24.3 Å². The van der Waals surface area contributed by atoms with E-state index in [0.717, 1.165) is 4.47 Å². The maximum absolute atomic E-state index is 5.61. The summed E-state index contributed by atoms with van der Waals surface area (Å²) >= 11 is 8.63. The number of pyridine rings is 1. The first kappa shape index (κ1) is 14.7. The molecule has 0 atom stereocenters. The van der Waals surface area contributed by atoms with Crippen LogP contribution >= 0.6 is 28.1 Å². The second kappa shape index (κ2) is 6.67. The van der Waals surface area contributed by atoms with Gasteiger partial charge in [-0.15, -0.1) is 0 Å². The number of methoxy groups -OCH3 is 1. The Hall–Kier alpha value is -1.66. The summed E-state index contributed by atoms with van der Waals surface area (Å²) in [7, 11) is 3.37. The molecule has 0 fully saturated rings. The molecule has 0 spiro atoms. The number of hydrogen-bond acceptors (Lipinski definition) is 4. The smallest absolute Gasteiger partial charge is 0.270 e. The van der Waals surface area contributed by atoms with Gasteiger partial charge < -0.3 is 9.47 Å². The largest absolute Gasteiger partial charge is 0.481 e. The fraction of sp³-hybridized carbons (Fsp3) is 0.143. The van der Waals surface area contributed by atoms with Crippen molar-refractivity contribution in [1.82, 2.24) is 4.98 Å². The van der Waals surface area contributed by atoms with Gasteiger partial charge in [0.05, 0.1) is 7.11 Å². The number of ether oxygens (including phenoxy) is 2. The molecule has 0 bridgehead atoms. The van der Waals surface area contributed by atoms with Crippen LogP contribution in [-0.2, 0) is 0 Å². The van der Waals surface area contributed by atoms with Crippen LogP contribution in [0.5, 0.6) is 11.6 Å². The Morgan fingerprint density at radius 3 is 2.55 bits per heavy atom. The van der Waals surface area contributed by atoms with E-state index in [1.807, 2.05) is 36.4 Å². The summed E-state index contributed by atoms with van der Waals surface area (Å²) in [6.07, 6.45) is 0. The van der Waals surface area contributed by atoms with Gasteiger partial charge in [0, 0.05) is 17.6 Å². The van der Waals surface area contributed by atoms with Crippen molar-refractivity contribution < 1.29 is 9.47 Å². The molecule has 4 nitrogen and oxygen atoms in total. The highest BCUT2D eigenvalue weighted by Crippen LogP contribution is 2.19. The van der Waals surface area contributed by atoms with E-state index in [1.165, 1.54) is 0 Å². The number of aromatic nitrogens is 1. The first-order chi connectivity index (χ1) is 9.60. The molecule has 0 aliphatic rings. The van der Waals surface area contributed by atoms with Gasteiger partial charge in [-0.3, -0.25) is 4.90 Å². The molecule has 1 aromatic heterocycles. The van der Waals surface area contributed by atoms with Gasteiger partial charge >= 0.3 is 0 Å². The van der Waals surface area contributed by atoms with Crippen molar-refractivity contribution in [3.05, 3.63) is 46.9 Å². The lowest BCUT2D eigenvalue weighted by Crippen LogP contribution is -2.29. The number of halogens is 1. The number of hydrogen-bond donors (Lipinski definition) is 0. The van der Waals surface area contributed by atoms with Gasteiger partial charge in [0.1, 0.15) is 11.6 Å². The average molecular weight is 353 g/mol. The molecule has 2 rings (SSSR count). The zero-order chi connectivity index (χ0) is 14.5. The summed E-state index contributed by atoms with van der Waals surface area (Å²) in [6.45, 7) is 0. The fourth-order valence-corrected chi connectivity index (χ4v) is 1.92. The van der Waals surface area contributed by atoms with Gasteiger partial charge in [0.25, 0.3) is 5.17 Å². The summed E-state index contributed by atoms with van der Waals surface area (Å²) in [5.74, 6) is 1.86. The Morgan fingerprint density at radius 1 is 1.20 bits per heavy atom. The summed E-state index contributed by atoms with van der Waals surface area (Å²) in [4.78, 5) is 5.98. The topological polar surface area (TPSA) is 34.6 Å². The third-order valence-corrected chi connectivity index (χ3v) is 3.44. The minimum absolute atomic E-state index is 0.313. The van der Waals surface area contributed by atoms with Crippen LogP contribution in [0.3, 0.4) is 0 Å². The number of benzene rings is 1. The molecule has 0 saturated carbocycles. The number of nitrogens with zero attached hydrogens (tertiary/aromatic N) is 2. The maximum Gasteiger partial charge on any atom is 0.270 e. The molecule has 20 heavy (non-hydrogen) atoms. The van der Waals surface area contributed by atoms with Crippen LogP contribution < -0.4 is 14.4 Å². The van der Waals surface area contributed by atoms with E-state index in [0.29, 0.717) is 22.6 Å². The van der Waals surface area contributed by atoms with Crippen molar-refractivity contribution in [2.75, 3.05) is 19.1 Å². The monoisotopic (exact) mass is 352 g/mol. The first-order valence-electron chi connectivity index (χ1n) is 5.82. The number of anilines is 1. The van der Waals surface area contributed by atoms with Crippen molar-refractivity contribution in [2.45, 2.75) is 0 Å². The molecule has 0 aliphatic heterocycles. The zero-order valence-corrected chi connectivity index (χ0v) is 13.4. The van der Waals surface area contributed by atoms with E-state index in [4.69, 9.17) is 21.7 Å². The Balaban J connectivity index is 2.09. The van der Waals surface area contributed by atoms with Crippen molar-refractivity contribution in [3.63, 3.8) is 0 Å². The first-order valence-corrected chi connectivity index (χ1v) is 7.02. The van der Waals surface area contributed by atoms with Crippen molar-refractivity contribution in [3.8, 4) is 11.6 Å². The van der Waals surface area contributed by atoms with Crippen LogP contribution in [0.1, 0.15) is 0 Å². The predicted octanol–water partition coefficient (Wildman–Crippen LogP) is 3.65. The summed E-state index contributed by atoms with van der Waals surface area (Å²) in [5, 5.41) is 0.313. The van der Waals surface area contributed by atoms with Gasteiger partial charge in [0.2, 0.25) is 5.88 Å². The van der Waals surface area contributed by atoms with Crippen LogP contribution in [0.25, 0.3) is 0 Å². The van der Waals surface area contributed by atoms with Crippen LogP contribution in [0, 0.1) is 0 Å². The maximum atomic E-state index is 5.61. The van der Waals surface area contributed by atoms with Gasteiger partial charge in [-0.1, -0.05) is 22.0 Å². The standard InChI is InChI=1S/C14H13BrN2O2S/c1-17(12-4-3-5-13(16-12)18-2)14(20)19-11-8-6-10(15)7-9-11/h3-9H,1-2H3. The van der Waals surface area contributed by atoms with E-state index in [1.54, 1.807) is 25.1 Å². The van der Waals surface area contributed by atoms with Crippen LogP contribution in [0.4, 0.5) is 5.82 Å². The van der Waals surface area contributed by atoms with Gasteiger partial charge in [0.15, 0.2) is 0 Å². The quantitative estimate of drug-likeness (QED) is 0.787. The molecular weight excluding hydrogens is 340 g/mol. The minimum atomic E-state index is 0.313. The normalized spacial score (nSPS) is 9.95. The molecule has 0 saturated heterocycles. The third kappa shape index (κ3) is 3.68. The molecular formula is C14H13BrN2O2S. The molecule has 6 heteroatoms. The summed E-state index contributed by atoms with van der Waals surface area (Å²) in [5.41, 5.74) is 0. The molecule has 1 aromatic carbocycles. The van der Waals surface area contributed by atoms with Crippen molar-refractivity contribution in [1.29, 1.82) is 0 Å². The average Bonchev–Trinajstić information content (AvgIpc) is 2.48. The highest BCUT2D eigenvalue weighted by molar-refractivity contribution is 9.10. The van der Waals surface area contributed by atoms with E-state index < -0.39 is 0 Å². The van der Waals surface area contributed by atoms with E-state index in [9.17, 15) is 0 Å². The predicted molar refractivity (Wildman–Crippen MR) is 86.6 cm³/mol. The Kier molecular flexibility index (Phi) is 4.92. The SMILES string of the molecule is COc1cccc(N(C)C(=S)Oc2ccc(Br)cc2)n1. The van der Waals surface area contributed by atoms with Crippen molar-refractivity contribution in [2.24, 2.45) is 0 Å². The lowest BCUT2D eigenvalue weighted by Gasteiger charge is -2.19. The molecule has 0 N–H and O–H groups in total. The highest BCUT2D eigenvalue weighted by Gasteiger charge is 2.11. The molecule has 0 amide bonds. The second-order valence-electron chi connectivity index (χ2n) is 3.92. The van der Waals surface area contributed by atoms with Crippen LogP contribution in [0.15, 0.2) is 46.9 Å². The zero-order valence-electron chi connectivity index (χ0n) is 11.0. The van der Waals surface area contributed by atoms with E-state index in [2.05, 4.69) is 20.9 Å². The molecule has 2 aromatic rings. The Morgan fingerprint density at radius 2 is 1.90 bits per heavy atom. The fourth-order valence-electron chi connectivity index (χ4n) is 1.47. The van der Waals surface area contributed by atoms with Gasteiger partial charge in [-0.25, -0.2) is 0 Å². The summed E-state index contributed by atoms with van der Waals surface area (Å²) in [6, 6.07) is 12.9. The van der Waals surface area contributed by atoms with E-state index in [-0.39, 0.29) is 0 Å². The second-order valence-corrected chi connectivity index (χ2v) is 5.18. The lowest BCUT2D eigenvalue weighted by atomic mass is 10.3. The number of thiocarbonyl (C=S) groups is 1. The lowest BCUT2D eigenvalue weighted by molar-refractivity contribution is 0.398. The van der Waals surface area contributed by atoms with Crippen LogP contribution in [0.2, 0.25) is 0 Å². The summed E-state index contributed by atoms with van der Waals surface area (Å²) < 4.78 is 11.7. The third-order valence-electron chi connectivity index (χ3n) is 2.55. The molecule has 0 unspecified atom stereocenters. The molecule has 104 valence electrons. The highest BCUT2D eigenvalue weighted by atomic mass is 79.9. The molecule has 0 aliphatic carbocycles. The Labute approximate surface area is 131 Å². The number of rotatable bonds is 3. The van der Waals surface area contributed by atoms with Gasteiger partial charge in [-0.05, 0) is 42.5 Å².